The second-order valence-electron chi connectivity index (χ2n) is 4.65. The lowest BCUT2D eigenvalue weighted by Crippen LogP contribution is -2.29. The molecule has 1 aromatic rings. The van der Waals surface area contributed by atoms with Gasteiger partial charge in [0.05, 0.1) is 11.7 Å². The maximum Gasteiger partial charge on any atom is 0.102 e. The van der Waals surface area contributed by atoms with Crippen molar-refractivity contribution in [2.45, 2.75) is 58.5 Å². The first kappa shape index (κ1) is 12.2. The van der Waals surface area contributed by atoms with Crippen LogP contribution in [0.3, 0.4) is 0 Å². The molecule has 4 heteroatoms. The van der Waals surface area contributed by atoms with Crippen molar-refractivity contribution in [1.82, 2.24) is 15.0 Å². The summed E-state index contributed by atoms with van der Waals surface area (Å²) in [6.07, 6.45) is 6.94. The summed E-state index contributed by atoms with van der Waals surface area (Å²) in [6, 6.07) is 0. The van der Waals surface area contributed by atoms with Crippen LogP contribution >= 0.6 is 0 Å². The minimum Gasteiger partial charge on any atom is -0.320 e. The number of aromatic nitrogens is 3. The Labute approximate surface area is 91.9 Å². The normalized spacial score (nSPS) is 12.0. The molecule has 1 rings (SSSR count). The van der Waals surface area contributed by atoms with E-state index in [0.29, 0.717) is 0 Å². The first-order chi connectivity index (χ1) is 7.04. The minimum absolute atomic E-state index is 0.387. The lowest BCUT2D eigenvalue weighted by atomic mass is 10.0. The molecule has 0 aliphatic rings. The maximum atomic E-state index is 5.93. The van der Waals surface area contributed by atoms with Crippen LogP contribution in [0.1, 0.15) is 52.1 Å². The van der Waals surface area contributed by atoms with Crippen molar-refractivity contribution in [3.05, 3.63) is 11.9 Å². The highest BCUT2D eigenvalue weighted by atomic mass is 15.4. The van der Waals surface area contributed by atoms with Gasteiger partial charge in [-0.25, -0.2) is 0 Å². The number of hydrogen-bond donors (Lipinski definition) is 1. The molecule has 0 spiro atoms. The number of hydrogen-bond acceptors (Lipinski definition) is 3. The highest BCUT2D eigenvalue weighted by Crippen LogP contribution is 2.12. The first-order valence-electron chi connectivity index (χ1n) is 5.73. The smallest absolute Gasteiger partial charge is 0.102 e. The number of nitrogens with two attached hydrogens (primary N) is 1. The topological polar surface area (TPSA) is 56.7 Å². The van der Waals surface area contributed by atoms with Crippen molar-refractivity contribution >= 4 is 0 Å². The quantitative estimate of drug-likeness (QED) is 0.731. The Hall–Kier alpha value is -0.900. The molecule has 4 nitrogen and oxygen atoms in total. The number of rotatable bonds is 6. The van der Waals surface area contributed by atoms with Gasteiger partial charge in [-0.3, -0.25) is 4.68 Å². The van der Waals surface area contributed by atoms with Gasteiger partial charge in [0.1, 0.15) is 5.69 Å². The van der Waals surface area contributed by atoms with Crippen LogP contribution in [0.4, 0.5) is 0 Å². The van der Waals surface area contributed by atoms with Crippen LogP contribution in [-0.2, 0) is 12.1 Å². The zero-order valence-corrected chi connectivity index (χ0v) is 10.0. The molecule has 86 valence electrons. The Kier molecular flexibility index (Phi) is 4.27. The molecule has 0 unspecified atom stereocenters. The van der Waals surface area contributed by atoms with E-state index >= 15 is 0 Å². The van der Waals surface area contributed by atoms with Crippen molar-refractivity contribution in [2.75, 3.05) is 0 Å². The third kappa shape index (κ3) is 4.00. The fraction of sp³-hybridized carbons (Fsp3) is 0.818. The summed E-state index contributed by atoms with van der Waals surface area (Å²) in [5.41, 5.74) is 6.40. The van der Waals surface area contributed by atoms with E-state index in [4.69, 9.17) is 5.73 Å². The van der Waals surface area contributed by atoms with Gasteiger partial charge in [-0.2, -0.15) is 0 Å². The predicted octanol–water partition coefficient (Wildman–Crippen LogP) is 2.05. The largest absolute Gasteiger partial charge is 0.320 e. The molecule has 1 heterocycles. The Bertz CT molecular complexity index is 285. The Morgan fingerprint density at radius 1 is 1.33 bits per heavy atom. The van der Waals surface area contributed by atoms with Crippen LogP contribution in [-0.4, -0.2) is 15.0 Å². The van der Waals surface area contributed by atoms with Crippen LogP contribution in [0.2, 0.25) is 0 Å². The van der Waals surface area contributed by atoms with E-state index in [2.05, 4.69) is 17.2 Å². The van der Waals surface area contributed by atoms with E-state index in [-0.39, 0.29) is 5.54 Å². The van der Waals surface area contributed by atoms with Crippen LogP contribution in [0.5, 0.6) is 0 Å². The molecule has 0 atom stereocenters. The number of nitrogens with zero attached hydrogens (tertiary/aromatic N) is 3. The molecule has 0 aliphatic heterocycles. The summed E-state index contributed by atoms with van der Waals surface area (Å²) in [6.45, 7) is 7.05. The monoisotopic (exact) mass is 210 g/mol. The van der Waals surface area contributed by atoms with E-state index in [1.807, 2.05) is 24.7 Å². The van der Waals surface area contributed by atoms with E-state index in [1.54, 1.807) is 0 Å². The van der Waals surface area contributed by atoms with Gasteiger partial charge in [0.25, 0.3) is 0 Å². The zero-order valence-electron chi connectivity index (χ0n) is 10.0. The van der Waals surface area contributed by atoms with Crippen molar-refractivity contribution in [2.24, 2.45) is 5.73 Å². The van der Waals surface area contributed by atoms with Crippen LogP contribution < -0.4 is 5.73 Å². The van der Waals surface area contributed by atoms with Gasteiger partial charge in [-0.15, -0.1) is 5.10 Å². The minimum atomic E-state index is -0.387. The molecule has 0 saturated carbocycles. The zero-order chi connectivity index (χ0) is 11.3. The fourth-order valence-corrected chi connectivity index (χ4v) is 1.40. The Morgan fingerprint density at radius 2 is 2.07 bits per heavy atom. The molecule has 0 radical (unpaired) electrons. The second kappa shape index (κ2) is 5.26. The molecule has 0 aromatic carbocycles. The molecule has 0 amide bonds. The van der Waals surface area contributed by atoms with Crippen molar-refractivity contribution < 1.29 is 0 Å². The van der Waals surface area contributed by atoms with E-state index in [1.165, 1.54) is 25.7 Å². The van der Waals surface area contributed by atoms with Gasteiger partial charge in [-0.1, -0.05) is 31.4 Å². The van der Waals surface area contributed by atoms with Gasteiger partial charge < -0.3 is 5.73 Å². The summed E-state index contributed by atoms with van der Waals surface area (Å²) in [5, 5.41) is 8.14. The van der Waals surface area contributed by atoms with Crippen molar-refractivity contribution in [3.63, 3.8) is 0 Å². The Morgan fingerprint density at radius 3 is 2.60 bits per heavy atom. The summed E-state index contributed by atoms with van der Waals surface area (Å²) < 4.78 is 1.89. The van der Waals surface area contributed by atoms with Gasteiger partial charge in [0.2, 0.25) is 0 Å². The molecular formula is C11H22N4. The summed E-state index contributed by atoms with van der Waals surface area (Å²) in [4.78, 5) is 0. The highest BCUT2D eigenvalue weighted by Gasteiger charge is 2.17. The first-order valence-corrected chi connectivity index (χ1v) is 5.73. The highest BCUT2D eigenvalue weighted by molar-refractivity contribution is 5.05. The van der Waals surface area contributed by atoms with Gasteiger partial charge in [0, 0.05) is 6.54 Å². The van der Waals surface area contributed by atoms with Crippen molar-refractivity contribution in [3.8, 4) is 0 Å². The molecular weight excluding hydrogens is 188 g/mol. The average molecular weight is 210 g/mol. The van der Waals surface area contributed by atoms with E-state index in [9.17, 15) is 0 Å². The van der Waals surface area contributed by atoms with Gasteiger partial charge in [0.15, 0.2) is 0 Å². The fourth-order valence-electron chi connectivity index (χ4n) is 1.40. The van der Waals surface area contributed by atoms with Crippen molar-refractivity contribution in [1.29, 1.82) is 0 Å². The molecule has 0 bridgehead atoms. The third-order valence-electron chi connectivity index (χ3n) is 2.44. The van der Waals surface area contributed by atoms with E-state index < -0.39 is 0 Å². The van der Waals surface area contributed by atoms with E-state index in [0.717, 1.165) is 12.2 Å². The van der Waals surface area contributed by atoms with Gasteiger partial charge in [-0.05, 0) is 20.3 Å². The molecule has 0 saturated heterocycles. The van der Waals surface area contributed by atoms with Crippen LogP contribution in [0.15, 0.2) is 6.20 Å². The molecule has 2 N–H and O–H groups in total. The molecule has 1 aromatic heterocycles. The number of unbranched alkanes of at least 4 members (excludes halogenated alkanes) is 3. The van der Waals surface area contributed by atoms with Crippen LogP contribution in [0, 0.1) is 0 Å². The molecule has 0 fully saturated rings. The molecule has 15 heavy (non-hydrogen) atoms. The summed E-state index contributed by atoms with van der Waals surface area (Å²) in [7, 11) is 0. The standard InChI is InChI=1S/C11H22N4/c1-4-5-6-7-8-15-9-10(13-14-15)11(2,3)12/h9H,4-8,12H2,1-3H3. The molecule has 0 aliphatic carbocycles. The summed E-state index contributed by atoms with van der Waals surface area (Å²) in [5.74, 6) is 0. The average Bonchev–Trinajstić information content (AvgIpc) is 2.60. The SMILES string of the molecule is CCCCCCn1cc(C(C)(C)N)nn1. The maximum absolute atomic E-state index is 5.93. The lowest BCUT2D eigenvalue weighted by molar-refractivity contribution is 0.526. The summed E-state index contributed by atoms with van der Waals surface area (Å²) >= 11 is 0. The lowest BCUT2D eigenvalue weighted by Gasteiger charge is -2.13. The predicted molar refractivity (Wildman–Crippen MR) is 61.4 cm³/mol. The third-order valence-corrected chi connectivity index (χ3v) is 2.44. The second-order valence-corrected chi connectivity index (χ2v) is 4.65. The van der Waals surface area contributed by atoms with Crippen LogP contribution in [0.25, 0.3) is 0 Å². The Balaban J connectivity index is 2.40. The van der Waals surface area contributed by atoms with Gasteiger partial charge >= 0.3 is 0 Å². The number of aryl methyl sites for hydroxylation is 1.